The van der Waals surface area contributed by atoms with Gasteiger partial charge in [0.1, 0.15) is 5.78 Å². The molecule has 4 rings (SSSR count). The fourth-order valence-corrected chi connectivity index (χ4v) is 5.18. The highest BCUT2D eigenvalue weighted by molar-refractivity contribution is 5.87. The van der Waals surface area contributed by atoms with E-state index in [4.69, 9.17) is 9.47 Å². The van der Waals surface area contributed by atoms with Crippen molar-refractivity contribution in [3.05, 3.63) is 0 Å². The van der Waals surface area contributed by atoms with Crippen LogP contribution < -0.4 is 0 Å². The molecule has 0 radical (unpaired) electrons. The maximum Gasteiger partial charge on any atom is 0.181 e. The van der Waals surface area contributed by atoms with Gasteiger partial charge in [0.2, 0.25) is 0 Å². The molecule has 0 aromatic rings. The van der Waals surface area contributed by atoms with E-state index in [2.05, 4.69) is 0 Å². The van der Waals surface area contributed by atoms with Crippen molar-refractivity contribution >= 4 is 5.78 Å². The van der Waals surface area contributed by atoms with Gasteiger partial charge >= 0.3 is 0 Å². The molecule has 3 atom stereocenters. The second kappa shape index (κ2) is 4.81. The summed E-state index contributed by atoms with van der Waals surface area (Å²) in [6.45, 7) is 0. The van der Waals surface area contributed by atoms with E-state index in [-0.39, 0.29) is 17.6 Å². The summed E-state index contributed by atoms with van der Waals surface area (Å²) in [6.07, 6.45) is 13.5. The molecule has 112 valence electrons. The molecule has 3 aliphatic carbocycles. The van der Waals surface area contributed by atoms with Gasteiger partial charge in [0.15, 0.2) is 5.79 Å². The number of hydrogen-bond acceptors (Lipinski definition) is 3. The summed E-state index contributed by atoms with van der Waals surface area (Å²) in [4.78, 5) is 12.7. The molecule has 0 unspecified atom stereocenters. The van der Waals surface area contributed by atoms with E-state index in [0.29, 0.717) is 5.78 Å². The van der Waals surface area contributed by atoms with E-state index in [1.165, 1.54) is 19.3 Å². The van der Waals surface area contributed by atoms with Crippen LogP contribution in [-0.4, -0.2) is 23.8 Å². The van der Waals surface area contributed by atoms with Gasteiger partial charge in [-0.2, -0.15) is 0 Å². The number of ether oxygens (including phenoxy) is 2. The van der Waals surface area contributed by atoms with Gasteiger partial charge in [-0.1, -0.05) is 25.7 Å². The van der Waals surface area contributed by atoms with Crippen molar-refractivity contribution in [1.29, 1.82) is 0 Å². The first-order valence-corrected chi connectivity index (χ1v) is 8.65. The van der Waals surface area contributed by atoms with Crippen molar-refractivity contribution < 1.29 is 14.3 Å². The third-order valence-electron chi connectivity index (χ3n) is 6.21. The molecular formula is C17H26O3. The van der Waals surface area contributed by atoms with Gasteiger partial charge in [0, 0.05) is 12.8 Å². The lowest BCUT2D eigenvalue weighted by atomic mass is 9.68. The smallest absolute Gasteiger partial charge is 0.181 e. The highest BCUT2D eigenvalue weighted by atomic mass is 16.8. The number of fused-ring (bicyclic) bond motifs is 2. The Balaban J connectivity index is 1.64. The number of carbonyl (C=O) groups is 1. The largest absolute Gasteiger partial charge is 0.343 e. The average Bonchev–Trinajstić information content (AvgIpc) is 2.89. The van der Waals surface area contributed by atoms with Crippen LogP contribution in [0.3, 0.4) is 0 Å². The summed E-state index contributed by atoms with van der Waals surface area (Å²) in [7, 11) is 0. The van der Waals surface area contributed by atoms with Crippen molar-refractivity contribution in [3.8, 4) is 0 Å². The summed E-state index contributed by atoms with van der Waals surface area (Å²) in [5.74, 6) is -0.116. The number of ketones is 1. The van der Waals surface area contributed by atoms with Crippen LogP contribution >= 0.6 is 0 Å². The predicted molar refractivity (Wildman–Crippen MR) is 75.3 cm³/mol. The van der Waals surface area contributed by atoms with Crippen molar-refractivity contribution in [2.75, 3.05) is 0 Å². The fraction of sp³-hybridized carbons (Fsp3) is 0.941. The number of Topliss-reactive ketones (excluding diaryl/α,β-unsaturated/α-hetero) is 1. The van der Waals surface area contributed by atoms with Crippen LogP contribution in [0.2, 0.25) is 0 Å². The van der Waals surface area contributed by atoms with Crippen LogP contribution in [0.5, 0.6) is 0 Å². The molecule has 1 heterocycles. The van der Waals surface area contributed by atoms with Crippen LogP contribution in [0.25, 0.3) is 0 Å². The standard InChI is InChI=1S/C17H26O3/c18-15-9-4-5-10-16(15)11-6-12-17(16)19-13-7-2-1-3-8-14(13)20-17/h13-14H,1-12H2/t13-,14-,16-/m1/s1. The molecule has 0 N–H and O–H groups in total. The van der Waals surface area contributed by atoms with E-state index in [0.717, 1.165) is 57.8 Å². The Morgan fingerprint density at radius 2 is 1.50 bits per heavy atom. The van der Waals surface area contributed by atoms with Gasteiger partial charge in [0.25, 0.3) is 0 Å². The lowest BCUT2D eigenvalue weighted by Crippen LogP contribution is -2.52. The molecule has 0 amide bonds. The second-order valence-corrected chi connectivity index (χ2v) is 7.27. The monoisotopic (exact) mass is 278 g/mol. The van der Waals surface area contributed by atoms with Crippen LogP contribution in [0.1, 0.15) is 77.0 Å². The summed E-state index contributed by atoms with van der Waals surface area (Å²) in [6, 6.07) is 0. The minimum Gasteiger partial charge on any atom is -0.343 e. The Morgan fingerprint density at radius 1 is 0.800 bits per heavy atom. The van der Waals surface area contributed by atoms with E-state index in [9.17, 15) is 4.79 Å². The lowest BCUT2D eigenvalue weighted by molar-refractivity contribution is -0.237. The van der Waals surface area contributed by atoms with Gasteiger partial charge in [0.05, 0.1) is 17.6 Å². The lowest BCUT2D eigenvalue weighted by Gasteiger charge is -2.43. The fourth-order valence-electron chi connectivity index (χ4n) is 5.18. The molecule has 0 aromatic heterocycles. The Bertz CT molecular complexity index is 391. The van der Waals surface area contributed by atoms with Crippen molar-refractivity contribution in [2.45, 2.75) is 95.0 Å². The molecule has 0 aromatic carbocycles. The minimum absolute atomic E-state index is 0.252. The molecular weight excluding hydrogens is 252 g/mol. The molecule has 20 heavy (non-hydrogen) atoms. The molecule has 3 nitrogen and oxygen atoms in total. The first-order valence-electron chi connectivity index (χ1n) is 8.65. The third kappa shape index (κ3) is 1.75. The van der Waals surface area contributed by atoms with Crippen LogP contribution in [0, 0.1) is 5.41 Å². The van der Waals surface area contributed by atoms with Gasteiger partial charge in [-0.25, -0.2) is 0 Å². The Kier molecular flexibility index (Phi) is 3.19. The molecule has 4 aliphatic rings. The summed E-state index contributed by atoms with van der Waals surface area (Å²) < 4.78 is 13.0. The third-order valence-corrected chi connectivity index (χ3v) is 6.21. The van der Waals surface area contributed by atoms with Crippen molar-refractivity contribution in [3.63, 3.8) is 0 Å². The Hall–Kier alpha value is -0.410. The van der Waals surface area contributed by atoms with Gasteiger partial charge in [-0.15, -0.1) is 0 Å². The molecule has 3 saturated carbocycles. The molecule has 1 aliphatic heterocycles. The average molecular weight is 278 g/mol. The first-order chi connectivity index (χ1) is 9.76. The zero-order chi connectivity index (χ0) is 13.6. The highest BCUT2D eigenvalue weighted by Crippen LogP contribution is 2.59. The molecule has 0 bridgehead atoms. The van der Waals surface area contributed by atoms with Gasteiger partial charge in [-0.3, -0.25) is 4.79 Å². The number of carbonyl (C=O) groups excluding carboxylic acids is 1. The Labute approximate surface area is 121 Å². The van der Waals surface area contributed by atoms with Crippen molar-refractivity contribution in [1.82, 2.24) is 0 Å². The minimum atomic E-state index is -0.544. The highest BCUT2D eigenvalue weighted by Gasteiger charge is 2.65. The van der Waals surface area contributed by atoms with E-state index >= 15 is 0 Å². The van der Waals surface area contributed by atoms with Crippen LogP contribution in [0.4, 0.5) is 0 Å². The van der Waals surface area contributed by atoms with Gasteiger partial charge in [-0.05, 0) is 38.5 Å². The quantitative estimate of drug-likeness (QED) is 0.677. The van der Waals surface area contributed by atoms with E-state index < -0.39 is 5.79 Å². The maximum atomic E-state index is 12.7. The molecule has 1 saturated heterocycles. The molecule has 4 fully saturated rings. The zero-order valence-electron chi connectivity index (χ0n) is 12.4. The zero-order valence-corrected chi connectivity index (χ0v) is 12.4. The summed E-state index contributed by atoms with van der Waals surface area (Å²) in [5, 5.41) is 0. The number of rotatable bonds is 0. The Morgan fingerprint density at radius 3 is 2.20 bits per heavy atom. The SMILES string of the molecule is O=C1CCCC[C@@]12CCCC21O[C@@H]2CCCCC[C@H]2O1. The van der Waals surface area contributed by atoms with Crippen LogP contribution in [-0.2, 0) is 14.3 Å². The van der Waals surface area contributed by atoms with Crippen LogP contribution in [0.15, 0.2) is 0 Å². The van der Waals surface area contributed by atoms with Gasteiger partial charge < -0.3 is 9.47 Å². The number of hydrogen-bond donors (Lipinski definition) is 0. The van der Waals surface area contributed by atoms with E-state index in [1.807, 2.05) is 0 Å². The first kappa shape index (κ1) is 13.3. The van der Waals surface area contributed by atoms with Crippen molar-refractivity contribution in [2.24, 2.45) is 5.41 Å². The predicted octanol–water partition coefficient (Wildman–Crippen LogP) is 3.74. The summed E-state index contributed by atoms with van der Waals surface area (Å²) in [5.41, 5.74) is -0.294. The normalized spacial score (nSPS) is 43.9. The van der Waals surface area contributed by atoms with E-state index in [1.54, 1.807) is 0 Å². The molecule has 3 heteroatoms. The molecule has 2 spiro atoms. The maximum absolute atomic E-state index is 12.7. The second-order valence-electron chi connectivity index (χ2n) is 7.27. The summed E-state index contributed by atoms with van der Waals surface area (Å²) >= 11 is 0. The topological polar surface area (TPSA) is 35.5 Å².